The first-order valence-corrected chi connectivity index (χ1v) is 12.1. The molecule has 1 aliphatic heterocycles. The van der Waals surface area contributed by atoms with Gasteiger partial charge in [0.15, 0.2) is 0 Å². The van der Waals surface area contributed by atoms with Gasteiger partial charge in [-0.25, -0.2) is 9.48 Å². The molecule has 2 heterocycles. The van der Waals surface area contributed by atoms with E-state index in [4.69, 9.17) is 5.10 Å². The van der Waals surface area contributed by atoms with E-state index in [1.165, 1.54) is 0 Å². The van der Waals surface area contributed by atoms with Crippen molar-refractivity contribution in [2.45, 2.75) is 37.6 Å². The van der Waals surface area contributed by atoms with E-state index < -0.39 is 13.0 Å². The zero-order valence-corrected chi connectivity index (χ0v) is 19.7. The zero-order chi connectivity index (χ0) is 25.1. The van der Waals surface area contributed by atoms with Crippen LogP contribution in [0.15, 0.2) is 60.7 Å². The molecule has 7 nitrogen and oxygen atoms in total. The number of anilines is 1. The summed E-state index contributed by atoms with van der Waals surface area (Å²) in [6, 6.07) is 18.7. The van der Waals surface area contributed by atoms with Crippen LogP contribution in [0.5, 0.6) is 0 Å². The number of rotatable bonds is 7. The van der Waals surface area contributed by atoms with Gasteiger partial charge in [0.2, 0.25) is 0 Å². The minimum absolute atomic E-state index is 0.0624. The Morgan fingerprint density at radius 3 is 2.47 bits per heavy atom. The number of hydrogen-bond acceptors (Lipinski definition) is 4. The van der Waals surface area contributed by atoms with Gasteiger partial charge in [0.05, 0.1) is 24.0 Å². The lowest BCUT2D eigenvalue weighted by Crippen LogP contribution is -2.42. The first-order valence-electron chi connectivity index (χ1n) is 12.1. The SMILES string of the molecule is O=C(Nc1c2c(nn1-c1ccccc1)CCC2)NC1CN(CCOC(F)(F)F)CC1c1ccccc1. The third kappa shape index (κ3) is 5.55. The predicted molar refractivity (Wildman–Crippen MR) is 129 cm³/mol. The van der Waals surface area contributed by atoms with Gasteiger partial charge in [-0.05, 0) is 37.0 Å². The molecule has 1 fully saturated rings. The van der Waals surface area contributed by atoms with Crippen LogP contribution in [0.2, 0.25) is 0 Å². The summed E-state index contributed by atoms with van der Waals surface area (Å²) in [6.07, 6.45) is -1.94. The highest BCUT2D eigenvalue weighted by Gasteiger charge is 2.36. The molecule has 2 unspecified atom stereocenters. The summed E-state index contributed by atoms with van der Waals surface area (Å²) in [7, 11) is 0. The lowest BCUT2D eigenvalue weighted by atomic mass is 9.94. The molecule has 3 aromatic rings. The number of fused-ring (bicyclic) bond motifs is 1. The largest absolute Gasteiger partial charge is 0.522 e. The van der Waals surface area contributed by atoms with Crippen molar-refractivity contribution < 1.29 is 22.7 Å². The molecule has 1 aliphatic carbocycles. The Kier molecular flexibility index (Phi) is 6.97. The number of hydrogen-bond donors (Lipinski definition) is 2. The van der Waals surface area contributed by atoms with Crippen molar-refractivity contribution in [3.63, 3.8) is 0 Å². The quantitative estimate of drug-likeness (QED) is 0.503. The van der Waals surface area contributed by atoms with Crippen LogP contribution in [0.25, 0.3) is 5.69 Å². The summed E-state index contributed by atoms with van der Waals surface area (Å²) in [6.45, 7) is 0.612. The molecule has 1 aromatic heterocycles. The van der Waals surface area contributed by atoms with Crippen molar-refractivity contribution in [2.24, 2.45) is 0 Å². The summed E-state index contributed by atoms with van der Waals surface area (Å²) in [4.78, 5) is 15.1. The van der Waals surface area contributed by atoms with E-state index in [2.05, 4.69) is 15.4 Å². The smallest absolute Gasteiger partial charge is 0.333 e. The number of aryl methyl sites for hydroxylation is 1. The van der Waals surface area contributed by atoms with E-state index in [1.54, 1.807) is 4.68 Å². The highest BCUT2D eigenvalue weighted by Crippen LogP contribution is 2.32. The molecule has 36 heavy (non-hydrogen) atoms. The highest BCUT2D eigenvalue weighted by molar-refractivity contribution is 5.90. The first kappa shape index (κ1) is 24.3. The van der Waals surface area contributed by atoms with Crippen molar-refractivity contribution in [3.8, 4) is 5.69 Å². The van der Waals surface area contributed by atoms with Crippen LogP contribution in [0.1, 0.15) is 29.2 Å². The monoisotopic (exact) mass is 499 g/mol. The maximum atomic E-state index is 13.2. The van der Waals surface area contributed by atoms with E-state index in [1.807, 2.05) is 65.6 Å². The fourth-order valence-corrected chi connectivity index (χ4v) is 5.13. The molecular weight excluding hydrogens is 471 g/mol. The van der Waals surface area contributed by atoms with Gasteiger partial charge in [-0.2, -0.15) is 5.10 Å². The van der Waals surface area contributed by atoms with E-state index >= 15 is 0 Å². The number of nitrogens with one attached hydrogen (secondary N) is 2. The van der Waals surface area contributed by atoms with Gasteiger partial charge in [-0.3, -0.25) is 15.0 Å². The van der Waals surface area contributed by atoms with Crippen LogP contribution in [0, 0.1) is 0 Å². The maximum absolute atomic E-state index is 13.2. The fourth-order valence-electron chi connectivity index (χ4n) is 5.13. The Balaban J connectivity index is 1.31. The van der Waals surface area contributed by atoms with Crippen molar-refractivity contribution in [2.75, 3.05) is 31.6 Å². The Morgan fingerprint density at radius 1 is 1.03 bits per heavy atom. The predicted octanol–water partition coefficient (Wildman–Crippen LogP) is 4.49. The Bertz CT molecular complexity index is 1180. The molecular formula is C26H28F3N5O2. The van der Waals surface area contributed by atoms with Crippen LogP contribution in [-0.4, -0.2) is 59.4 Å². The Morgan fingerprint density at radius 2 is 1.75 bits per heavy atom. The van der Waals surface area contributed by atoms with Crippen molar-refractivity contribution in [1.82, 2.24) is 20.0 Å². The number of halogens is 3. The van der Waals surface area contributed by atoms with Crippen molar-refractivity contribution in [3.05, 3.63) is 77.5 Å². The molecule has 10 heteroatoms. The molecule has 0 radical (unpaired) electrons. The lowest BCUT2D eigenvalue weighted by Gasteiger charge is -2.21. The van der Waals surface area contributed by atoms with Crippen LogP contribution >= 0.6 is 0 Å². The van der Waals surface area contributed by atoms with E-state index in [9.17, 15) is 18.0 Å². The molecule has 2 atom stereocenters. The van der Waals surface area contributed by atoms with Crippen LogP contribution in [-0.2, 0) is 17.6 Å². The molecule has 0 bridgehead atoms. The average molecular weight is 500 g/mol. The van der Waals surface area contributed by atoms with Gasteiger partial charge in [-0.15, -0.1) is 13.2 Å². The number of amides is 2. The zero-order valence-electron chi connectivity index (χ0n) is 19.7. The van der Waals surface area contributed by atoms with Crippen LogP contribution in [0.4, 0.5) is 23.8 Å². The van der Waals surface area contributed by atoms with Gasteiger partial charge >= 0.3 is 12.4 Å². The number of para-hydroxylation sites is 1. The molecule has 2 aliphatic rings. The Labute approximate surface area is 207 Å². The normalized spacial score (nSPS) is 19.9. The maximum Gasteiger partial charge on any atom is 0.522 e. The topological polar surface area (TPSA) is 71.4 Å². The number of carbonyl (C=O) groups is 1. The third-order valence-corrected chi connectivity index (χ3v) is 6.75. The van der Waals surface area contributed by atoms with Crippen molar-refractivity contribution in [1.29, 1.82) is 0 Å². The number of urea groups is 1. The standard InChI is InChI=1S/C26H28F3N5O2/c27-26(28,29)36-15-14-33-16-21(18-8-3-1-4-9-18)23(17-33)30-25(35)31-24-20-12-7-13-22(20)32-34(24)19-10-5-2-6-11-19/h1-6,8-11,21,23H,7,12-17H2,(H2,30,31,35). The average Bonchev–Trinajstić information content (AvgIpc) is 3.56. The van der Waals surface area contributed by atoms with E-state index in [0.29, 0.717) is 18.9 Å². The third-order valence-electron chi connectivity index (χ3n) is 6.75. The minimum atomic E-state index is -4.65. The summed E-state index contributed by atoms with van der Waals surface area (Å²) < 4.78 is 43.0. The number of benzene rings is 2. The first-order chi connectivity index (χ1) is 17.4. The number of aromatic nitrogens is 2. The van der Waals surface area contributed by atoms with Crippen LogP contribution in [0.3, 0.4) is 0 Å². The number of carbonyl (C=O) groups excluding carboxylic acids is 1. The van der Waals surface area contributed by atoms with Gasteiger partial charge in [-0.1, -0.05) is 48.5 Å². The van der Waals surface area contributed by atoms with Crippen molar-refractivity contribution >= 4 is 11.8 Å². The van der Waals surface area contributed by atoms with Gasteiger partial charge in [0.25, 0.3) is 0 Å². The van der Waals surface area contributed by atoms with Gasteiger partial charge in [0.1, 0.15) is 5.82 Å². The number of likely N-dealkylation sites (tertiary alicyclic amines) is 1. The van der Waals surface area contributed by atoms with E-state index in [0.717, 1.165) is 41.8 Å². The summed E-state index contributed by atoms with van der Waals surface area (Å²) in [5, 5.41) is 10.8. The molecule has 2 amide bonds. The molecule has 5 rings (SSSR count). The summed E-state index contributed by atoms with van der Waals surface area (Å²) in [5.74, 6) is 0.600. The van der Waals surface area contributed by atoms with Gasteiger partial charge in [0, 0.05) is 31.1 Å². The molecule has 2 N–H and O–H groups in total. The summed E-state index contributed by atoms with van der Waals surface area (Å²) >= 11 is 0. The molecule has 190 valence electrons. The highest BCUT2D eigenvalue weighted by atomic mass is 19.4. The van der Waals surface area contributed by atoms with E-state index in [-0.39, 0.29) is 24.5 Å². The number of nitrogens with zero attached hydrogens (tertiary/aromatic N) is 3. The molecule has 0 spiro atoms. The van der Waals surface area contributed by atoms with Gasteiger partial charge < -0.3 is 5.32 Å². The molecule has 0 saturated carbocycles. The fraction of sp³-hybridized carbons (Fsp3) is 0.385. The summed E-state index contributed by atoms with van der Waals surface area (Å²) in [5.41, 5.74) is 3.93. The lowest BCUT2D eigenvalue weighted by molar-refractivity contribution is -0.324. The van der Waals surface area contributed by atoms with Crippen LogP contribution < -0.4 is 10.6 Å². The Hall–Kier alpha value is -3.37. The number of alkyl halides is 3. The second-order valence-electron chi connectivity index (χ2n) is 9.15. The molecule has 2 aromatic carbocycles. The minimum Gasteiger partial charge on any atom is -0.333 e. The second kappa shape index (κ2) is 10.3. The second-order valence-corrected chi connectivity index (χ2v) is 9.15. The number of ether oxygens (including phenoxy) is 1. The molecule has 1 saturated heterocycles.